The van der Waals surface area contributed by atoms with Gasteiger partial charge in [-0.2, -0.15) is 0 Å². The van der Waals surface area contributed by atoms with E-state index in [9.17, 15) is 20.4 Å². The maximum absolute atomic E-state index is 10.3. The standard InChI is InChI=1S/C13H19NO4/c1-9(12-10(16)4-2-5-11(12)17)14-7-3-6-13(14,18)8-15/h2,4-5,9,15-18H,3,6-8H2,1H3. The van der Waals surface area contributed by atoms with Crippen LogP contribution in [0.3, 0.4) is 0 Å². The average Bonchev–Trinajstić information content (AvgIpc) is 2.71. The fourth-order valence-corrected chi connectivity index (χ4v) is 2.73. The zero-order valence-electron chi connectivity index (χ0n) is 10.4. The van der Waals surface area contributed by atoms with Crippen LogP contribution in [0.1, 0.15) is 31.4 Å². The minimum Gasteiger partial charge on any atom is -0.507 e. The largest absolute Gasteiger partial charge is 0.507 e. The zero-order chi connectivity index (χ0) is 13.3. The van der Waals surface area contributed by atoms with Gasteiger partial charge in [0.2, 0.25) is 0 Å². The van der Waals surface area contributed by atoms with Crippen LogP contribution in [0.2, 0.25) is 0 Å². The fourth-order valence-electron chi connectivity index (χ4n) is 2.73. The minimum absolute atomic E-state index is 0.00492. The highest BCUT2D eigenvalue weighted by atomic mass is 16.4. The Hall–Kier alpha value is -1.30. The summed E-state index contributed by atoms with van der Waals surface area (Å²) in [6.45, 7) is 2.05. The monoisotopic (exact) mass is 253 g/mol. The highest BCUT2D eigenvalue weighted by Crippen LogP contribution is 2.41. The van der Waals surface area contributed by atoms with Crippen LogP contribution in [-0.2, 0) is 0 Å². The van der Waals surface area contributed by atoms with Gasteiger partial charge in [0.15, 0.2) is 0 Å². The van der Waals surface area contributed by atoms with Crippen LogP contribution in [0, 0.1) is 0 Å². The van der Waals surface area contributed by atoms with E-state index in [1.54, 1.807) is 17.9 Å². The quantitative estimate of drug-likeness (QED) is 0.644. The Morgan fingerprint density at radius 2 is 1.94 bits per heavy atom. The van der Waals surface area contributed by atoms with E-state index >= 15 is 0 Å². The summed E-state index contributed by atoms with van der Waals surface area (Å²) >= 11 is 0. The molecule has 4 N–H and O–H groups in total. The van der Waals surface area contributed by atoms with E-state index in [1.165, 1.54) is 12.1 Å². The number of aliphatic hydroxyl groups is 2. The predicted molar refractivity (Wildman–Crippen MR) is 66.2 cm³/mol. The molecule has 2 atom stereocenters. The van der Waals surface area contributed by atoms with Gasteiger partial charge < -0.3 is 20.4 Å². The van der Waals surface area contributed by atoms with Crippen LogP contribution >= 0.6 is 0 Å². The van der Waals surface area contributed by atoms with Gasteiger partial charge in [0.05, 0.1) is 12.2 Å². The lowest BCUT2D eigenvalue weighted by Crippen LogP contribution is -2.47. The summed E-state index contributed by atoms with van der Waals surface area (Å²) in [4.78, 5) is 1.71. The summed E-state index contributed by atoms with van der Waals surface area (Å²) in [6, 6.07) is 4.19. The molecule has 1 aliphatic heterocycles. The van der Waals surface area contributed by atoms with Crippen LogP contribution in [-0.4, -0.2) is 44.2 Å². The lowest BCUT2D eigenvalue weighted by atomic mass is 10.0. The number of phenols is 2. The number of benzene rings is 1. The molecule has 100 valence electrons. The van der Waals surface area contributed by atoms with Gasteiger partial charge in [0.25, 0.3) is 0 Å². The molecule has 1 fully saturated rings. The minimum atomic E-state index is -1.27. The number of aliphatic hydroxyl groups excluding tert-OH is 1. The van der Waals surface area contributed by atoms with Crippen LogP contribution in [0.5, 0.6) is 11.5 Å². The third-order valence-electron chi connectivity index (χ3n) is 3.71. The molecule has 18 heavy (non-hydrogen) atoms. The lowest BCUT2D eigenvalue weighted by molar-refractivity contribution is -0.130. The van der Waals surface area contributed by atoms with Gasteiger partial charge in [0, 0.05) is 12.6 Å². The van der Waals surface area contributed by atoms with Crippen LogP contribution in [0.4, 0.5) is 0 Å². The zero-order valence-corrected chi connectivity index (χ0v) is 10.4. The molecule has 0 aromatic heterocycles. The van der Waals surface area contributed by atoms with Crippen molar-refractivity contribution in [1.82, 2.24) is 4.90 Å². The highest BCUT2D eigenvalue weighted by Gasteiger charge is 2.42. The van der Waals surface area contributed by atoms with E-state index in [4.69, 9.17) is 0 Å². The SMILES string of the molecule is CC(c1c(O)cccc1O)N1CCCC1(O)CO. The predicted octanol–water partition coefficient (Wildman–Crippen LogP) is 0.935. The van der Waals surface area contributed by atoms with Crippen LogP contribution in [0.15, 0.2) is 18.2 Å². The number of nitrogens with zero attached hydrogens (tertiary/aromatic N) is 1. The Morgan fingerprint density at radius 1 is 1.33 bits per heavy atom. The molecule has 0 bridgehead atoms. The van der Waals surface area contributed by atoms with Crippen molar-refractivity contribution in [3.8, 4) is 11.5 Å². The number of rotatable bonds is 3. The summed E-state index contributed by atoms with van der Waals surface area (Å²) in [7, 11) is 0. The smallest absolute Gasteiger partial charge is 0.142 e. The Kier molecular flexibility index (Phi) is 3.47. The first kappa shape index (κ1) is 13.1. The molecule has 1 aromatic carbocycles. The molecule has 1 aromatic rings. The molecular formula is C13H19NO4. The maximum atomic E-state index is 10.3. The van der Waals surface area contributed by atoms with Crippen molar-refractivity contribution in [1.29, 1.82) is 0 Å². The van der Waals surface area contributed by atoms with E-state index in [0.29, 0.717) is 18.5 Å². The van der Waals surface area contributed by atoms with Crippen molar-refractivity contribution < 1.29 is 20.4 Å². The van der Waals surface area contributed by atoms with E-state index in [1.807, 2.05) is 0 Å². The van der Waals surface area contributed by atoms with Gasteiger partial charge in [-0.3, -0.25) is 4.90 Å². The first-order chi connectivity index (χ1) is 8.49. The van der Waals surface area contributed by atoms with Crippen molar-refractivity contribution in [2.75, 3.05) is 13.2 Å². The molecule has 1 heterocycles. The van der Waals surface area contributed by atoms with E-state index in [0.717, 1.165) is 6.42 Å². The molecule has 0 aliphatic carbocycles. The van der Waals surface area contributed by atoms with Gasteiger partial charge in [-0.1, -0.05) is 6.07 Å². The van der Waals surface area contributed by atoms with Crippen molar-refractivity contribution in [3.05, 3.63) is 23.8 Å². The molecular weight excluding hydrogens is 234 g/mol. The maximum Gasteiger partial charge on any atom is 0.142 e. The van der Waals surface area contributed by atoms with E-state index in [2.05, 4.69) is 0 Å². The van der Waals surface area contributed by atoms with E-state index in [-0.39, 0.29) is 24.1 Å². The van der Waals surface area contributed by atoms with Gasteiger partial charge in [-0.05, 0) is 31.9 Å². The molecule has 5 heteroatoms. The molecule has 1 saturated heterocycles. The molecule has 0 radical (unpaired) electrons. The van der Waals surface area contributed by atoms with Crippen molar-refractivity contribution in [2.24, 2.45) is 0 Å². The molecule has 0 saturated carbocycles. The summed E-state index contributed by atoms with van der Waals surface area (Å²) < 4.78 is 0. The average molecular weight is 253 g/mol. The third-order valence-corrected chi connectivity index (χ3v) is 3.71. The Balaban J connectivity index is 2.34. The van der Waals surface area contributed by atoms with Gasteiger partial charge >= 0.3 is 0 Å². The second kappa shape index (κ2) is 4.76. The summed E-state index contributed by atoms with van der Waals surface area (Å²) in [5.41, 5.74) is -0.889. The highest BCUT2D eigenvalue weighted by molar-refractivity contribution is 5.45. The van der Waals surface area contributed by atoms with Gasteiger partial charge in [0.1, 0.15) is 17.2 Å². The Morgan fingerprint density at radius 3 is 2.50 bits per heavy atom. The topological polar surface area (TPSA) is 84.2 Å². The summed E-state index contributed by atoms with van der Waals surface area (Å²) in [5.74, 6) is -0.00983. The Bertz CT molecular complexity index is 417. The number of hydrogen-bond acceptors (Lipinski definition) is 5. The first-order valence-electron chi connectivity index (χ1n) is 6.10. The number of likely N-dealkylation sites (tertiary alicyclic amines) is 1. The second-order valence-corrected chi connectivity index (χ2v) is 4.82. The normalized spacial score (nSPS) is 26.4. The second-order valence-electron chi connectivity index (χ2n) is 4.82. The van der Waals surface area contributed by atoms with Crippen LogP contribution < -0.4 is 0 Å². The fraction of sp³-hybridized carbons (Fsp3) is 0.538. The number of hydrogen-bond donors (Lipinski definition) is 4. The van der Waals surface area contributed by atoms with Crippen molar-refractivity contribution in [3.63, 3.8) is 0 Å². The number of aromatic hydroxyl groups is 2. The molecule has 2 unspecified atom stereocenters. The lowest BCUT2D eigenvalue weighted by Gasteiger charge is -2.37. The summed E-state index contributed by atoms with van der Waals surface area (Å²) in [5, 5.41) is 39.3. The van der Waals surface area contributed by atoms with Gasteiger partial charge in [-0.25, -0.2) is 0 Å². The first-order valence-corrected chi connectivity index (χ1v) is 6.10. The molecule has 5 nitrogen and oxygen atoms in total. The summed E-state index contributed by atoms with van der Waals surface area (Å²) in [6.07, 6.45) is 1.26. The van der Waals surface area contributed by atoms with Crippen molar-refractivity contribution in [2.45, 2.75) is 31.5 Å². The van der Waals surface area contributed by atoms with Crippen LogP contribution in [0.25, 0.3) is 0 Å². The molecule has 0 amide bonds. The van der Waals surface area contributed by atoms with Gasteiger partial charge in [-0.15, -0.1) is 0 Å². The Labute approximate surface area is 106 Å². The molecule has 0 spiro atoms. The molecule has 1 aliphatic rings. The number of phenolic OH excluding ortho intramolecular Hbond substituents is 2. The van der Waals surface area contributed by atoms with Crippen molar-refractivity contribution >= 4 is 0 Å². The third kappa shape index (κ3) is 2.05. The molecule has 2 rings (SSSR count). The van der Waals surface area contributed by atoms with E-state index < -0.39 is 5.72 Å².